The van der Waals surface area contributed by atoms with Crippen molar-refractivity contribution in [1.29, 1.82) is 0 Å². The molecule has 2 N–H and O–H groups in total. The summed E-state index contributed by atoms with van der Waals surface area (Å²) in [5.41, 5.74) is 4.81. The third-order valence-electron chi connectivity index (χ3n) is 4.89. The SMILES string of the molecule is COc1ccc(Br)cc1C(=O)Nc1ccc(O)c(-c2nc3cc(C)c(C)cc3o2)c1. The van der Waals surface area contributed by atoms with E-state index in [9.17, 15) is 9.90 Å². The molecule has 0 saturated carbocycles. The number of ether oxygens (including phenoxy) is 1. The summed E-state index contributed by atoms with van der Waals surface area (Å²) in [5, 5.41) is 13.2. The van der Waals surface area contributed by atoms with E-state index in [1.807, 2.05) is 26.0 Å². The highest BCUT2D eigenvalue weighted by Crippen LogP contribution is 2.34. The van der Waals surface area contributed by atoms with E-state index in [1.54, 1.807) is 30.3 Å². The van der Waals surface area contributed by atoms with E-state index in [0.717, 1.165) is 15.6 Å². The largest absolute Gasteiger partial charge is 0.507 e. The molecule has 1 heterocycles. The van der Waals surface area contributed by atoms with Crippen molar-refractivity contribution in [2.45, 2.75) is 13.8 Å². The second-order valence-electron chi connectivity index (χ2n) is 6.95. The minimum absolute atomic E-state index is 0.00744. The van der Waals surface area contributed by atoms with Crippen LogP contribution in [-0.4, -0.2) is 23.1 Å². The van der Waals surface area contributed by atoms with E-state index >= 15 is 0 Å². The molecule has 0 radical (unpaired) electrons. The fourth-order valence-corrected chi connectivity index (χ4v) is 3.50. The number of oxazole rings is 1. The molecule has 0 unspecified atom stereocenters. The van der Waals surface area contributed by atoms with Gasteiger partial charge in [0.05, 0.1) is 18.2 Å². The number of amides is 1. The van der Waals surface area contributed by atoms with Crippen LogP contribution < -0.4 is 10.1 Å². The Labute approximate surface area is 181 Å². The highest BCUT2D eigenvalue weighted by molar-refractivity contribution is 9.10. The summed E-state index contributed by atoms with van der Waals surface area (Å²) in [6.45, 7) is 4.01. The maximum Gasteiger partial charge on any atom is 0.259 e. The summed E-state index contributed by atoms with van der Waals surface area (Å²) in [4.78, 5) is 17.3. The Morgan fingerprint density at radius 1 is 1.10 bits per heavy atom. The van der Waals surface area contributed by atoms with E-state index < -0.39 is 0 Å². The van der Waals surface area contributed by atoms with Crippen molar-refractivity contribution in [3.63, 3.8) is 0 Å². The first-order valence-corrected chi connectivity index (χ1v) is 10.0. The summed E-state index contributed by atoms with van der Waals surface area (Å²) in [7, 11) is 1.51. The molecule has 4 aromatic rings. The first-order chi connectivity index (χ1) is 14.4. The van der Waals surface area contributed by atoms with E-state index in [1.165, 1.54) is 13.2 Å². The van der Waals surface area contributed by atoms with Crippen LogP contribution in [0.15, 0.2) is 57.4 Å². The number of aromatic nitrogens is 1. The Hall–Kier alpha value is -3.32. The Morgan fingerprint density at radius 3 is 2.63 bits per heavy atom. The molecule has 4 rings (SSSR count). The van der Waals surface area contributed by atoms with Gasteiger partial charge in [-0.15, -0.1) is 0 Å². The zero-order chi connectivity index (χ0) is 21.4. The molecule has 0 aliphatic heterocycles. The molecule has 0 aliphatic carbocycles. The third-order valence-corrected chi connectivity index (χ3v) is 5.39. The van der Waals surface area contributed by atoms with Crippen LogP contribution in [0.5, 0.6) is 11.5 Å². The van der Waals surface area contributed by atoms with Gasteiger partial charge in [0, 0.05) is 10.2 Å². The lowest BCUT2D eigenvalue weighted by atomic mass is 10.1. The van der Waals surface area contributed by atoms with Crippen LogP contribution in [0.1, 0.15) is 21.5 Å². The predicted molar refractivity (Wildman–Crippen MR) is 119 cm³/mol. The number of rotatable bonds is 4. The summed E-state index contributed by atoms with van der Waals surface area (Å²) < 4.78 is 11.9. The number of aryl methyl sites for hydroxylation is 2. The van der Waals surface area contributed by atoms with Crippen LogP contribution in [0.2, 0.25) is 0 Å². The number of halogens is 1. The van der Waals surface area contributed by atoms with Crippen LogP contribution in [0.25, 0.3) is 22.6 Å². The van der Waals surface area contributed by atoms with Gasteiger partial charge in [0.25, 0.3) is 5.91 Å². The van der Waals surface area contributed by atoms with Crippen LogP contribution in [0, 0.1) is 13.8 Å². The number of benzene rings is 3. The lowest BCUT2D eigenvalue weighted by Crippen LogP contribution is -2.13. The molecule has 0 bridgehead atoms. The van der Waals surface area contributed by atoms with Crippen molar-refractivity contribution >= 4 is 38.6 Å². The van der Waals surface area contributed by atoms with Gasteiger partial charge in [0.2, 0.25) is 5.89 Å². The average Bonchev–Trinajstić information content (AvgIpc) is 3.12. The molecule has 0 fully saturated rings. The minimum atomic E-state index is -0.339. The van der Waals surface area contributed by atoms with Crippen molar-refractivity contribution in [3.05, 3.63) is 69.7 Å². The maximum absolute atomic E-state index is 12.8. The smallest absolute Gasteiger partial charge is 0.259 e. The number of fused-ring (bicyclic) bond motifs is 1. The molecule has 1 amide bonds. The molecule has 30 heavy (non-hydrogen) atoms. The first kappa shape index (κ1) is 20.0. The van der Waals surface area contributed by atoms with Gasteiger partial charge in [0.15, 0.2) is 5.58 Å². The summed E-state index contributed by atoms with van der Waals surface area (Å²) >= 11 is 3.37. The quantitative estimate of drug-likeness (QED) is 0.369. The summed E-state index contributed by atoms with van der Waals surface area (Å²) in [5.74, 6) is 0.407. The molecule has 0 aliphatic rings. The fraction of sp³-hybridized carbons (Fsp3) is 0.130. The number of phenolic OH excluding ortho intramolecular Hbond substituents is 1. The van der Waals surface area contributed by atoms with E-state index in [0.29, 0.717) is 33.7 Å². The molecule has 0 saturated heterocycles. The summed E-state index contributed by atoms with van der Waals surface area (Å²) in [6, 6.07) is 13.8. The molecule has 0 spiro atoms. The van der Waals surface area contributed by atoms with Gasteiger partial charge in [-0.05, 0) is 73.5 Å². The highest BCUT2D eigenvalue weighted by Gasteiger charge is 2.17. The molecular formula is C23H19BrN2O4. The van der Waals surface area contributed by atoms with Crippen molar-refractivity contribution in [2.24, 2.45) is 0 Å². The second-order valence-corrected chi connectivity index (χ2v) is 7.87. The Bertz CT molecular complexity index is 1240. The molecule has 6 nitrogen and oxygen atoms in total. The number of phenols is 1. The van der Waals surface area contributed by atoms with Crippen molar-refractivity contribution in [1.82, 2.24) is 4.98 Å². The number of hydrogen-bond acceptors (Lipinski definition) is 5. The van der Waals surface area contributed by atoms with Crippen LogP contribution in [0.3, 0.4) is 0 Å². The maximum atomic E-state index is 12.8. The standard InChI is InChI=1S/C23H19BrN2O4/c1-12-8-18-21(9-13(12)2)30-23(26-18)16-11-15(5-6-19(16)27)25-22(28)17-10-14(24)4-7-20(17)29-3/h4-11,27H,1-3H3,(H,25,28). The average molecular weight is 467 g/mol. The Kier molecular flexibility index (Phi) is 5.22. The number of aromatic hydroxyl groups is 1. The first-order valence-electron chi connectivity index (χ1n) is 9.22. The van der Waals surface area contributed by atoms with Gasteiger partial charge in [-0.25, -0.2) is 4.98 Å². The zero-order valence-electron chi connectivity index (χ0n) is 16.6. The number of anilines is 1. The molecule has 152 valence electrons. The number of carbonyl (C=O) groups excluding carboxylic acids is 1. The number of nitrogens with zero attached hydrogens (tertiary/aromatic N) is 1. The predicted octanol–water partition coefficient (Wildman–Crippen LogP) is 5.84. The normalized spacial score (nSPS) is 10.9. The number of carbonyl (C=O) groups is 1. The number of nitrogens with one attached hydrogen (secondary N) is 1. The summed E-state index contributed by atoms with van der Waals surface area (Å²) in [6.07, 6.45) is 0. The monoisotopic (exact) mass is 466 g/mol. The second kappa shape index (κ2) is 7.84. The topological polar surface area (TPSA) is 84.6 Å². The molecule has 0 atom stereocenters. The fourth-order valence-electron chi connectivity index (χ4n) is 3.14. The Morgan fingerprint density at radius 2 is 1.87 bits per heavy atom. The van der Waals surface area contributed by atoms with Gasteiger partial charge in [-0.1, -0.05) is 15.9 Å². The van der Waals surface area contributed by atoms with Gasteiger partial charge >= 0.3 is 0 Å². The van der Waals surface area contributed by atoms with Crippen molar-refractivity contribution < 1.29 is 19.1 Å². The van der Waals surface area contributed by atoms with E-state index in [4.69, 9.17) is 9.15 Å². The van der Waals surface area contributed by atoms with Gasteiger partial charge in [0.1, 0.15) is 17.0 Å². The zero-order valence-corrected chi connectivity index (χ0v) is 18.2. The van der Waals surface area contributed by atoms with Gasteiger partial charge < -0.3 is 19.6 Å². The number of methoxy groups -OCH3 is 1. The van der Waals surface area contributed by atoms with Crippen LogP contribution in [0.4, 0.5) is 5.69 Å². The lowest BCUT2D eigenvalue weighted by molar-refractivity contribution is 0.102. The Balaban J connectivity index is 1.69. The highest BCUT2D eigenvalue weighted by atomic mass is 79.9. The van der Waals surface area contributed by atoms with Crippen LogP contribution in [-0.2, 0) is 0 Å². The van der Waals surface area contributed by atoms with E-state index in [2.05, 4.69) is 26.2 Å². The van der Waals surface area contributed by atoms with Crippen molar-refractivity contribution in [3.8, 4) is 23.0 Å². The molecule has 3 aromatic carbocycles. The van der Waals surface area contributed by atoms with E-state index in [-0.39, 0.29) is 17.5 Å². The van der Waals surface area contributed by atoms with Crippen LogP contribution >= 0.6 is 15.9 Å². The molecular weight excluding hydrogens is 448 g/mol. The number of hydrogen-bond donors (Lipinski definition) is 2. The van der Waals surface area contributed by atoms with Gasteiger partial charge in [-0.2, -0.15) is 0 Å². The third kappa shape index (κ3) is 3.76. The molecule has 1 aromatic heterocycles. The lowest BCUT2D eigenvalue weighted by Gasteiger charge is -2.11. The van der Waals surface area contributed by atoms with Crippen molar-refractivity contribution in [2.75, 3.05) is 12.4 Å². The minimum Gasteiger partial charge on any atom is -0.507 e. The van der Waals surface area contributed by atoms with Gasteiger partial charge in [-0.3, -0.25) is 4.79 Å². The molecule has 7 heteroatoms.